The van der Waals surface area contributed by atoms with Crippen LogP contribution in [0.4, 0.5) is 17.6 Å². The van der Waals surface area contributed by atoms with Crippen LogP contribution in [0.5, 0.6) is 0 Å². The van der Waals surface area contributed by atoms with Crippen LogP contribution in [0.3, 0.4) is 0 Å². The van der Waals surface area contributed by atoms with E-state index in [2.05, 4.69) is 5.32 Å². The maximum absolute atomic E-state index is 12.5. The second-order valence-corrected chi connectivity index (χ2v) is 3.89. The fraction of sp³-hybridized carbons (Fsp3) is 1.00. The molecular weight excluding hydrogens is 214 g/mol. The van der Waals surface area contributed by atoms with Gasteiger partial charge in [-0.05, 0) is 20.4 Å². The molecule has 2 nitrogen and oxygen atoms in total. The van der Waals surface area contributed by atoms with E-state index in [-0.39, 0.29) is 0 Å². The van der Waals surface area contributed by atoms with Gasteiger partial charge in [-0.1, -0.05) is 6.92 Å². The number of alkyl halides is 4. The fourth-order valence-corrected chi connectivity index (χ4v) is 0.832. The number of likely N-dealkylation sites (N-methyl/N-ethyl adjacent to an activating group) is 1. The average Bonchev–Trinajstić information content (AvgIpc) is 2.12. The smallest absolute Gasteiger partial charge is 0.330 e. The number of hydrogen-bond donors (Lipinski definition) is 1. The first kappa shape index (κ1) is 14.6. The lowest BCUT2D eigenvalue weighted by Gasteiger charge is -2.28. The molecule has 0 radical (unpaired) electrons. The Morgan fingerprint density at radius 1 is 1.27 bits per heavy atom. The van der Waals surface area contributed by atoms with Gasteiger partial charge in [-0.2, -0.15) is 8.78 Å². The fourth-order valence-electron chi connectivity index (χ4n) is 0.832. The highest BCUT2D eigenvalue weighted by Gasteiger charge is 2.42. The van der Waals surface area contributed by atoms with Crippen LogP contribution in [0.2, 0.25) is 0 Å². The highest BCUT2D eigenvalue weighted by atomic mass is 19.3. The Morgan fingerprint density at radius 2 is 1.80 bits per heavy atom. The van der Waals surface area contributed by atoms with Gasteiger partial charge in [0.2, 0.25) is 0 Å². The summed E-state index contributed by atoms with van der Waals surface area (Å²) in [6, 6.07) is 0. The second kappa shape index (κ2) is 5.65. The van der Waals surface area contributed by atoms with Gasteiger partial charge >= 0.3 is 12.3 Å². The van der Waals surface area contributed by atoms with Crippen molar-refractivity contribution >= 4 is 0 Å². The molecule has 0 bridgehead atoms. The van der Waals surface area contributed by atoms with Gasteiger partial charge in [0.1, 0.15) is 6.61 Å². The summed E-state index contributed by atoms with van der Waals surface area (Å²) >= 11 is 0. The quantitative estimate of drug-likeness (QED) is 0.679. The minimum Gasteiger partial charge on any atom is -0.368 e. The third-order valence-electron chi connectivity index (χ3n) is 1.78. The standard InChI is InChI=1S/C9H17F4NO/c1-4-14-5-8(2,3)15-6-9(12,13)7(10)11/h7,14H,4-6H2,1-3H3. The molecule has 0 aromatic heterocycles. The number of hydrogen-bond acceptors (Lipinski definition) is 2. The summed E-state index contributed by atoms with van der Waals surface area (Å²) in [6.45, 7) is 4.72. The Bertz CT molecular complexity index is 185. The van der Waals surface area contributed by atoms with E-state index in [1.54, 1.807) is 13.8 Å². The molecule has 0 saturated heterocycles. The van der Waals surface area contributed by atoms with Crippen molar-refractivity contribution in [2.45, 2.75) is 38.7 Å². The molecule has 0 atom stereocenters. The van der Waals surface area contributed by atoms with Crippen molar-refractivity contribution in [3.63, 3.8) is 0 Å². The van der Waals surface area contributed by atoms with Crippen molar-refractivity contribution in [1.29, 1.82) is 0 Å². The normalized spacial score (nSPS) is 13.6. The van der Waals surface area contributed by atoms with Crippen molar-refractivity contribution in [3.05, 3.63) is 0 Å². The van der Waals surface area contributed by atoms with Crippen LogP contribution in [-0.2, 0) is 4.74 Å². The van der Waals surface area contributed by atoms with Crippen molar-refractivity contribution in [3.8, 4) is 0 Å². The SMILES string of the molecule is CCNCC(C)(C)OCC(F)(F)C(F)F. The van der Waals surface area contributed by atoms with Crippen LogP contribution < -0.4 is 5.32 Å². The van der Waals surface area contributed by atoms with E-state index < -0.39 is 24.6 Å². The lowest BCUT2D eigenvalue weighted by molar-refractivity contribution is -0.188. The van der Waals surface area contributed by atoms with E-state index in [1.165, 1.54) is 0 Å². The topological polar surface area (TPSA) is 21.3 Å². The zero-order chi connectivity index (χ0) is 12.1. The molecule has 6 heteroatoms. The molecule has 0 unspecified atom stereocenters. The Balaban J connectivity index is 4.02. The minimum absolute atomic E-state index is 0.336. The monoisotopic (exact) mass is 231 g/mol. The number of halogens is 4. The van der Waals surface area contributed by atoms with E-state index in [0.717, 1.165) is 0 Å². The highest BCUT2D eigenvalue weighted by molar-refractivity contribution is 4.75. The number of nitrogens with one attached hydrogen (secondary N) is 1. The van der Waals surface area contributed by atoms with E-state index in [1.807, 2.05) is 6.92 Å². The van der Waals surface area contributed by atoms with Crippen LogP contribution in [0.15, 0.2) is 0 Å². The van der Waals surface area contributed by atoms with E-state index in [4.69, 9.17) is 4.74 Å². The van der Waals surface area contributed by atoms with E-state index >= 15 is 0 Å². The minimum atomic E-state index is -4.08. The summed E-state index contributed by atoms with van der Waals surface area (Å²) < 4.78 is 53.4. The average molecular weight is 231 g/mol. The molecule has 0 aliphatic carbocycles. The summed E-state index contributed by atoms with van der Waals surface area (Å²) in [6.07, 6.45) is -3.69. The number of ether oxygens (including phenoxy) is 1. The maximum atomic E-state index is 12.5. The summed E-state index contributed by atoms with van der Waals surface area (Å²) in [4.78, 5) is 0. The molecule has 15 heavy (non-hydrogen) atoms. The molecule has 0 aromatic carbocycles. The third-order valence-corrected chi connectivity index (χ3v) is 1.78. The van der Waals surface area contributed by atoms with Gasteiger partial charge in [-0.25, -0.2) is 8.78 Å². The zero-order valence-electron chi connectivity index (χ0n) is 9.12. The molecule has 0 fully saturated rings. The van der Waals surface area contributed by atoms with Crippen molar-refractivity contribution in [2.24, 2.45) is 0 Å². The highest BCUT2D eigenvalue weighted by Crippen LogP contribution is 2.25. The molecule has 0 heterocycles. The summed E-state index contributed by atoms with van der Waals surface area (Å²) in [7, 11) is 0. The van der Waals surface area contributed by atoms with Gasteiger partial charge < -0.3 is 10.1 Å². The largest absolute Gasteiger partial charge is 0.368 e. The lowest BCUT2D eigenvalue weighted by atomic mass is 10.1. The summed E-state index contributed by atoms with van der Waals surface area (Å²) in [5, 5.41) is 2.90. The van der Waals surface area contributed by atoms with Gasteiger partial charge in [0.15, 0.2) is 0 Å². The molecule has 0 spiro atoms. The van der Waals surface area contributed by atoms with Crippen LogP contribution >= 0.6 is 0 Å². The summed E-state index contributed by atoms with van der Waals surface area (Å²) in [5.74, 6) is -4.08. The Kier molecular flexibility index (Phi) is 5.51. The molecule has 0 rings (SSSR count). The molecule has 92 valence electrons. The maximum Gasteiger partial charge on any atom is 0.330 e. The molecule has 0 saturated carbocycles. The van der Waals surface area contributed by atoms with Gasteiger partial charge in [-0.15, -0.1) is 0 Å². The second-order valence-electron chi connectivity index (χ2n) is 3.89. The molecule has 1 N–H and O–H groups in total. The lowest BCUT2D eigenvalue weighted by Crippen LogP contribution is -2.42. The Morgan fingerprint density at radius 3 is 2.20 bits per heavy atom. The van der Waals surface area contributed by atoms with E-state index in [9.17, 15) is 17.6 Å². The van der Waals surface area contributed by atoms with Crippen molar-refractivity contribution < 1.29 is 22.3 Å². The van der Waals surface area contributed by atoms with Crippen molar-refractivity contribution in [2.75, 3.05) is 19.7 Å². The van der Waals surface area contributed by atoms with Gasteiger partial charge in [0.25, 0.3) is 0 Å². The molecule has 0 aliphatic heterocycles. The zero-order valence-corrected chi connectivity index (χ0v) is 9.12. The first-order valence-electron chi connectivity index (χ1n) is 4.72. The van der Waals surface area contributed by atoms with Crippen LogP contribution in [0.25, 0.3) is 0 Å². The van der Waals surface area contributed by atoms with Crippen LogP contribution in [0.1, 0.15) is 20.8 Å². The Labute approximate surface area is 87.0 Å². The van der Waals surface area contributed by atoms with Crippen molar-refractivity contribution in [1.82, 2.24) is 5.32 Å². The number of rotatable bonds is 7. The Hall–Kier alpha value is -0.360. The van der Waals surface area contributed by atoms with Crippen LogP contribution in [-0.4, -0.2) is 37.6 Å². The predicted octanol–water partition coefficient (Wildman–Crippen LogP) is 2.29. The van der Waals surface area contributed by atoms with Gasteiger partial charge in [0, 0.05) is 6.54 Å². The van der Waals surface area contributed by atoms with Crippen LogP contribution in [0, 0.1) is 0 Å². The first-order chi connectivity index (χ1) is 6.71. The van der Waals surface area contributed by atoms with Gasteiger partial charge in [0.05, 0.1) is 5.60 Å². The molecule has 0 aromatic rings. The van der Waals surface area contributed by atoms with Gasteiger partial charge in [-0.3, -0.25) is 0 Å². The van der Waals surface area contributed by atoms with E-state index in [0.29, 0.717) is 13.1 Å². The predicted molar refractivity (Wildman–Crippen MR) is 49.5 cm³/mol. The molecule has 0 aliphatic rings. The first-order valence-corrected chi connectivity index (χ1v) is 4.72. The summed E-state index contributed by atoms with van der Waals surface area (Å²) in [5.41, 5.74) is -0.881. The third kappa shape index (κ3) is 5.94. The molecular formula is C9H17F4NO. The molecule has 0 amide bonds.